The molecule has 0 aliphatic heterocycles. The molecular formula is C3H6N3NaO2S. The van der Waals surface area contributed by atoms with Crippen molar-refractivity contribution in [1.82, 2.24) is 0 Å². The van der Waals surface area contributed by atoms with Crippen LogP contribution >= 0.6 is 0 Å². The summed E-state index contributed by atoms with van der Waals surface area (Å²) in [4.78, 5) is 2.46. The van der Waals surface area contributed by atoms with Crippen molar-refractivity contribution in [2.45, 2.75) is 6.42 Å². The average Bonchev–Trinajstić information content (AvgIpc) is 1.80. The minimum absolute atomic E-state index is 0. The standard InChI is InChI=1S/C3H7N3O2S.Na/c4-6-5-2-1-3-9(7)8;/h1-3H2,(H,7,8);/q;+1/p-1. The van der Waals surface area contributed by atoms with E-state index in [1.165, 1.54) is 0 Å². The van der Waals surface area contributed by atoms with Crippen LogP contribution in [0.25, 0.3) is 10.4 Å². The second-order valence-corrected chi connectivity index (χ2v) is 2.33. The van der Waals surface area contributed by atoms with Crippen molar-refractivity contribution in [2.75, 3.05) is 12.3 Å². The van der Waals surface area contributed by atoms with Gasteiger partial charge in [-0.3, -0.25) is 4.21 Å². The van der Waals surface area contributed by atoms with Gasteiger partial charge < -0.3 is 4.55 Å². The van der Waals surface area contributed by atoms with Crippen LogP contribution in [-0.2, 0) is 11.1 Å². The minimum atomic E-state index is -2.00. The van der Waals surface area contributed by atoms with Crippen LogP contribution in [0.5, 0.6) is 0 Å². The fourth-order valence-electron chi connectivity index (χ4n) is 0.298. The molecule has 1 atom stereocenters. The summed E-state index contributed by atoms with van der Waals surface area (Å²) in [6, 6.07) is 0. The van der Waals surface area contributed by atoms with Gasteiger partial charge in [0.05, 0.1) is 0 Å². The molecule has 0 aromatic heterocycles. The second kappa shape index (κ2) is 9.42. The van der Waals surface area contributed by atoms with Crippen molar-refractivity contribution in [3.05, 3.63) is 10.4 Å². The smallest absolute Gasteiger partial charge is 0.772 e. The van der Waals surface area contributed by atoms with Crippen molar-refractivity contribution in [3.63, 3.8) is 0 Å². The Morgan fingerprint density at radius 1 is 1.70 bits per heavy atom. The molecule has 0 aromatic rings. The van der Waals surface area contributed by atoms with Crippen LogP contribution in [-0.4, -0.2) is 21.1 Å². The van der Waals surface area contributed by atoms with Gasteiger partial charge in [0.1, 0.15) is 0 Å². The van der Waals surface area contributed by atoms with Gasteiger partial charge in [-0.2, -0.15) is 0 Å². The number of nitrogens with zero attached hydrogens (tertiary/aromatic N) is 3. The SMILES string of the molecule is [N-]=[N+]=NCCCS(=O)[O-].[Na+]. The molecule has 5 nitrogen and oxygen atoms in total. The van der Waals surface area contributed by atoms with Gasteiger partial charge in [0, 0.05) is 17.2 Å². The summed E-state index contributed by atoms with van der Waals surface area (Å²) in [6.45, 7) is 0.254. The summed E-state index contributed by atoms with van der Waals surface area (Å²) >= 11 is -2.00. The van der Waals surface area contributed by atoms with E-state index >= 15 is 0 Å². The quantitative estimate of drug-likeness (QED) is 0.117. The fraction of sp³-hybridized carbons (Fsp3) is 1.00. The summed E-state index contributed by atoms with van der Waals surface area (Å²) in [5, 5.41) is 3.15. The van der Waals surface area contributed by atoms with Crippen LogP contribution in [0.1, 0.15) is 6.42 Å². The van der Waals surface area contributed by atoms with E-state index in [4.69, 9.17) is 5.53 Å². The average molecular weight is 171 g/mol. The predicted molar refractivity (Wildman–Crippen MR) is 32.4 cm³/mol. The molecule has 0 saturated heterocycles. The van der Waals surface area contributed by atoms with Gasteiger partial charge >= 0.3 is 29.6 Å². The van der Waals surface area contributed by atoms with Crippen molar-refractivity contribution in [3.8, 4) is 0 Å². The molecule has 52 valence electrons. The first-order valence-electron chi connectivity index (χ1n) is 2.34. The van der Waals surface area contributed by atoms with Gasteiger partial charge in [0.2, 0.25) is 0 Å². The first-order valence-corrected chi connectivity index (χ1v) is 3.58. The maximum absolute atomic E-state index is 9.83. The molecule has 0 heterocycles. The minimum Gasteiger partial charge on any atom is -0.772 e. The second-order valence-electron chi connectivity index (χ2n) is 1.32. The number of hydrogen-bond acceptors (Lipinski definition) is 3. The van der Waals surface area contributed by atoms with Crippen LogP contribution in [0, 0.1) is 0 Å². The molecule has 0 bridgehead atoms. The maximum Gasteiger partial charge on any atom is 1.00 e. The molecule has 0 aliphatic rings. The summed E-state index contributed by atoms with van der Waals surface area (Å²) in [5.41, 5.74) is 7.74. The molecule has 10 heavy (non-hydrogen) atoms. The first kappa shape index (κ1) is 13.0. The van der Waals surface area contributed by atoms with Crippen molar-refractivity contribution >= 4 is 11.1 Å². The Bertz CT molecular complexity index is 145. The Labute approximate surface area is 83.4 Å². The third-order valence-electron chi connectivity index (χ3n) is 0.632. The molecule has 0 radical (unpaired) electrons. The molecule has 1 unspecified atom stereocenters. The summed E-state index contributed by atoms with van der Waals surface area (Å²) in [5.74, 6) is 0.0685. The van der Waals surface area contributed by atoms with Crippen LogP contribution in [0.2, 0.25) is 0 Å². The Balaban J connectivity index is 0. The van der Waals surface area contributed by atoms with Crippen LogP contribution in [0.15, 0.2) is 5.11 Å². The Morgan fingerprint density at radius 2 is 2.30 bits per heavy atom. The predicted octanol–water partition coefficient (Wildman–Crippen LogP) is -2.43. The van der Waals surface area contributed by atoms with E-state index in [-0.39, 0.29) is 41.9 Å². The summed E-state index contributed by atoms with van der Waals surface area (Å²) in [7, 11) is 0. The van der Waals surface area contributed by atoms with Crippen molar-refractivity contribution in [1.29, 1.82) is 0 Å². The Hall–Kier alpha value is 0.420. The maximum atomic E-state index is 9.83. The van der Waals surface area contributed by atoms with E-state index in [0.717, 1.165) is 0 Å². The van der Waals surface area contributed by atoms with E-state index in [2.05, 4.69) is 10.0 Å². The zero-order chi connectivity index (χ0) is 7.11. The van der Waals surface area contributed by atoms with E-state index in [1.54, 1.807) is 0 Å². The molecule has 0 aromatic carbocycles. The topological polar surface area (TPSA) is 88.9 Å². The van der Waals surface area contributed by atoms with E-state index < -0.39 is 11.1 Å². The molecule has 0 fully saturated rings. The van der Waals surface area contributed by atoms with Gasteiger partial charge in [-0.05, 0) is 12.0 Å². The van der Waals surface area contributed by atoms with Crippen molar-refractivity contribution < 1.29 is 38.3 Å². The Morgan fingerprint density at radius 3 is 2.70 bits per heavy atom. The van der Waals surface area contributed by atoms with Gasteiger partial charge in [0.25, 0.3) is 0 Å². The number of azide groups is 1. The molecule has 0 rings (SSSR count). The van der Waals surface area contributed by atoms with E-state index in [0.29, 0.717) is 6.42 Å². The van der Waals surface area contributed by atoms with Gasteiger partial charge in [0.15, 0.2) is 0 Å². The third-order valence-corrected chi connectivity index (χ3v) is 1.25. The number of rotatable bonds is 4. The fourth-order valence-corrected chi connectivity index (χ4v) is 0.663. The van der Waals surface area contributed by atoms with E-state index in [9.17, 15) is 8.76 Å². The van der Waals surface area contributed by atoms with E-state index in [1.807, 2.05) is 0 Å². The first-order chi connectivity index (χ1) is 4.27. The molecule has 0 spiro atoms. The van der Waals surface area contributed by atoms with Gasteiger partial charge in [-0.15, -0.1) is 0 Å². The van der Waals surface area contributed by atoms with Crippen molar-refractivity contribution in [2.24, 2.45) is 5.11 Å². The third kappa shape index (κ3) is 11.2. The normalized spacial score (nSPS) is 10.9. The summed E-state index contributed by atoms with van der Waals surface area (Å²) < 4.78 is 19.7. The molecule has 0 saturated carbocycles. The summed E-state index contributed by atoms with van der Waals surface area (Å²) in [6.07, 6.45) is 0.403. The van der Waals surface area contributed by atoms with Crippen LogP contribution in [0.3, 0.4) is 0 Å². The monoisotopic (exact) mass is 171 g/mol. The molecule has 0 N–H and O–H groups in total. The Kier molecular flexibility index (Phi) is 12.3. The number of hydrogen-bond donors (Lipinski definition) is 0. The zero-order valence-corrected chi connectivity index (χ0v) is 8.50. The van der Waals surface area contributed by atoms with Crippen LogP contribution in [0.4, 0.5) is 0 Å². The van der Waals surface area contributed by atoms with Gasteiger partial charge in [-0.1, -0.05) is 16.2 Å². The molecule has 0 amide bonds. The largest absolute Gasteiger partial charge is 1.00 e. The molecule has 0 aliphatic carbocycles. The molecule has 7 heteroatoms. The van der Waals surface area contributed by atoms with Crippen LogP contribution < -0.4 is 29.6 Å². The van der Waals surface area contributed by atoms with Gasteiger partial charge in [-0.25, -0.2) is 0 Å². The zero-order valence-electron chi connectivity index (χ0n) is 5.69. The molecular weight excluding hydrogens is 165 g/mol.